The molecule has 0 spiro atoms. The number of hydrogen-bond donors (Lipinski definition) is 1. The summed E-state index contributed by atoms with van der Waals surface area (Å²) in [5.41, 5.74) is 9.41. The number of aryl methyl sites for hydroxylation is 2. The molecule has 1 aromatic carbocycles. The Morgan fingerprint density at radius 2 is 2.18 bits per heavy atom. The quantitative estimate of drug-likeness (QED) is 0.929. The van der Waals surface area contributed by atoms with Gasteiger partial charge < -0.3 is 0 Å². The molecular formula is C18H18N4. The Labute approximate surface area is 130 Å². The molecule has 0 amide bonds. The van der Waals surface area contributed by atoms with Gasteiger partial charge in [0, 0.05) is 5.57 Å². The molecule has 0 fully saturated rings. The Kier molecular flexibility index (Phi) is 3.80. The Morgan fingerprint density at radius 3 is 2.95 bits per heavy atom. The number of nitrogens with zero attached hydrogens (tertiary/aromatic N) is 3. The third-order valence-electron chi connectivity index (χ3n) is 3.74. The fourth-order valence-corrected chi connectivity index (χ4v) is 2.68. The Bertz CT molecular complexity index is 803. The van der Waals surface area contributed by atoms with Gasteiger partial charge in [0.2, 0.25) is 0 Å². The molecule has 1 aliphatic rings. The summed E-state index contributed by atoms with van der Waals surface area (Å²) in [7, 11) is 0. The number of rotatable bonds is 3. The second-order valence-electron chi connectivity index (χ2n) is 5.51. The molecule has 110 valence electrons. The lowest BCUT2D eigenvalue weighted by Crippen LogP contribution is -2.12. The van der Waals surface area contributed by atoms with E-state index in [1.54, 1.807) is 6.33 Å². The van der Waals surface area contributed by atoms with E-state index < -0.39 is 0 Å². The smallest absolute Gasteiger partial charge is 0.115 e. The first-order valence-corrected chi connectivity index (χ1v) is 7.36. The van der Waals surface area contributed by atoms with Crippen molar-refractivity contribution in [2.75, 3.05) is 5.43 Å². The number of benzene rings is 1. The van der Waals surface area contributed by atoms with Gasteiger partial charge in [-0.05, 0) is 56.0 Å². The van der Waals surface area contributed by atoms with Crippen molar-refractivity contribution in [2.24, 2.45) is 0 Å². The van der Waals surface area contributed by atoms with Gasteiger partial charge in [-0.2, -0.15) is 5.26 Å². The van der Waals surface area contributed by atoms with Gasteiger partial charge in [-0.3, -0.25) is 5.43 Å². The van der Waals surface area contributed by atoms with Crippen LogP contribution in [0.5, 0.6) is 0 Å². The Balaban J connectivity index is 1.97. The van der Waals surface area contributed by atoms with Gasteiger partial charge in [0.1, 0.15) is 6.33 Å². The van der Waals surface area contributed by atoms with E-state index in [1.807, 2.05) is 29.8 Å². The Morgan fingerprint density at radius 1 is 1.32 bits per heavy atom. The van der Waals surface area contributed by atoms with Crippen LogP contribution in [0, 0.1) is 25.2 Å². The predicted octanol–water partition coefficient (Wildman–Crippen LogP) is 4.00. The fraction of sp³-hybridized carbons (Fsp3) is 0.222. The zero-order chi connectivity index (χ0) is 15.5. The maximum atomic E-state index is 9.13. The van der Waals surface area contributed by atoms with Crippen molar-refractivity contribution in [3.8, 4) is 6.07 Å². The molecule has 4 nitrogen and oxygen atoms in total. The normalized spacial score (nSPS) is 14.0. The molecule has 1 N–H and O–H groups in total. The number of anilines is 1. The van der Waals surface area contributed by atoms with Crippen molar-refractivity contribution in [1.29, 1.82) is 5.26 Å². The molecular weight excluding hydrogens is 272 g/mol. The molecule has 4 heteroatoms. The summed E-state index contributed by atoms with van der Waals surface area (Å²) >= 11 is 0. The lowest BCUT2D eigenvalue weighted by atomic mass is 9.97. The average molecular weight is 290 g/mol. The van der Waals surface area contributed by atoms with Crippen LogP contribution in [-0.2, 0) is 0 Å². The summed E-state index contributed by atoms with van der Waals surface area (Å²) in [6.45, 7) is 4.05. The topological polar surface area (TPSA) is 53.6 Å². The molecule has 0 saturated heterocycles. The molecule has 0 atom stereocenters. The maximum absolute atomic E-state index is 9.13. The second kappa shape index (κ2) is 5.90. The van der Waals surface area contributed by atoms with Crippen LogP contribution in [0.4, 0.5) is 5.69 Å². The van der Waals surface area contributed by atoms with E-state index in [9.17, 15) is 0 Å². The van der Waals surface area contributed by atoms with Gasteiger partial charge in [-0.25, -0.2) is 9.66 Å². The van der Waals surface area contributed by atoms with E-state index in [0.717, 1.165) is 41.1 Å². The number of allylic oxidation sites excluding steroid dienone is 4. The van der Waals surface area contributed by atoms with Crippen LogP contribution in [0.25, 0.3) is 5.57 Å². The lowest BCUT2D eigenvalue weighted by molar-refractivity contribution is 0.928. The minimum Gasteiger partial charge on any atom is -0.293 e. The second-order valence-corrected chi connectivity index (χ2v) is 5.51. The van der Waals surface area contributed by atoms with Gasteiger partial charge in [0.15, 0.2) is 0 Å². The highest BCUT2D eigenvalue weighted by Gasteiger charge is 2.14. The molecule has 0 aliphatic heterocycles. The van der Waals surface area contributed by atoms with Crippen molar-refractivity contribution in [1.82, 2.24) is 9.66 Å². The minimum absolute atomic E-state index is 0.818. The predicted molar refractivity (Wildman–Crippen MR) is 88.1 cm³/mol. The first-order chi connectivity index (χ1) is 10.7. The maximum Gasteiger partial charge on any atom is 0.115 e. The fourth-order valence-electron chi connectivity index (χ4n) is 2.68. The molecule has 1 aliphatic carbocycles. The molecule has 1 heterocycles. The number of imidazole rings is 1. The van der Waals surface area contributed by atoms with E-state index >= 15 is 0 Å². The highest BCUT2D eigenvalue weighted by atomic mass is 15.4. The van der Waals surface area contributed by atoms with E-state index in [1.165, 1.54) is 5.56 Å². The number of aromatic nitrogens is 2. The van der Waals surface area contributed by atoms with Crippen molar-refractivity contribution in [2.45, 2.75) is 26.7 Å². The van der Waals surface area contributed by atoms with Crippen LogP contribution in [0.3, 0.4) is 0 Å². The molecule has 0 saturated carbocycles. The van der Waals surface area contributed by atoms with Crippen LogP contribution in [0.2, 0.25) is 0 Å². The molecule has 0 bridgehead atoms. The summed E-state index contributed by atoms with van der Waals surface area (Å²) in [5.74, 6) is 0. The number of hydrogen-bond acceptors (Lipinski definition) is 3. The van der Waals surface area contributed by atoms with E-state index in [-0.39, 0.29) is 0 Å². The standard InChI is InChI=1S/C18H18N4/c1-13-5-3-8-17(9-13)21-22-12-20-14(2)18(22)16-7-4-6-15(10-16)11-19/h3,5,7-10,12,21H,4,6H2,1-2H3. The molecule has 0 radical (unpaired) electrons. The third-order valence-corrected chi connectivity index (χ3v) is 3.74. The van der Waals surface area contributed by atoms with Crippen LogP contribution < -0.4 is 5.43 Å². The molecule has 1 aromatic heterocycles. The van der Waals surface area contributed by atoms with E-state index in [0.29, 0.717) is 0 Å². The number of nitrogens with one attached hydrogen (secondary N) is 1. The summed E-state index contributed by atoms with van der Waals surface area (Å²) in [6, 6.07) is 10.5. The van der Waals surface area contributed by atoms with Crippen LogP contribution in [-0.4, -0.2) is 9.66 Å². The first kappa shape index (κ1) is 14.2. The summed E-state index contributed by atoms with van der Waals surface area (Å²) in [6.07, 6.45) is 7.62. The minimum atomic E-state index is 0.818. The zero-order valence-corrected chi connectivity index (χ0v) is 12.8. The van der Waals surface area contributed by atoms with Crippen LogP contribution in [0.1, 0.15) is 29.8 Å². The summed E-state index contributed by atoms with van der Waals surface area (Å²) in [5, 5.41) is 9.13. The van der Waals surface area contributed by atoms with Crippen LogP contribution >= 0.6 is 0 Å². The van der Waals surface area contributed by atoms with E-state index in [2.05, 4.69) is 41.6 Å². The van der Waals surface area contributed by atoms with Gasteiger partial charge in [0.05, 0.1) is 23.1 Å². The van der Waals surface area contributed by atoms with E-state index in [4.69, 9.17) is 5.26 Å². The van der Waals surface area contributed by atoms with Gasteiger partial charge in [0.25, 0.3) is 0 Å². The lowest BCUT2D eigenvalue weighted by Gasteiger charge is -2.15. The highest BCUT2D eigenvalue weighted by Crippen LogP contribution is 2.27. The van der Waals surface area contributed by atoms with Crippen molar-refractivity contribution >= 4 is 11.3 Å². The SMILES string of the molecule is Cc1cccc(Nn2cnc(C)c2C2=CCCC(C#N)=C2)c1. The summed E-state index contributed by atoms with van der Waals surface area (Å²) < 4.78 is 1.92. The summed E-state index contributed by atoms with van der Waals surface area (Å²) in [4.78, 5) is 4.41. The third kappa shape index (κ3) is 2.79. The highest BCUT2D eigenvalue weighted by molar-refractivity contribution is 5.76. The molecule has 0 unspecified atom stereocenters. The largest absolute Gasteiger partial charge is 0.293 e. The Hall–Kier alpha value is -2.80. The monoisotopic (exact) mass is 290 g/mol. The average Bonchev–Trinajstić information content (AvgIpc) is 2.88. The molecule has 2 aromatic rings. The zero-order valence-electron chi connectivity index (χ0n) is 12.8. The van der Waals surface area contributed by atoms with Gasteiger partial charge in [-0.1, -0.05) is 18.2 Å². The van der Waals surface area contributed by atoms with Gasteiger partial charge >= 0.3 is 0 Å². The number of nitriles is 1. The van der Waals surface area contributed by atoms with Crippen LogP contribution in [0.15, 0.2) is 48.3 Å². The molecule has 3 rings (SSSR count). The van der Waals surface area contributed by atoms with Crippen molar-refractivity contribution < 1.29 is 0 Å². The molecule has 22 heavy (non-hydrogen) atoms. The van der Waals surface area contributed by atoms with Crippen molar-refractivity contribution in [3.05, 3.63) is 65.3 Å². The van der Waals surface area contributed by atoms with Crippen molar-refractivity contribution in [3.63, 3.8) is 0 Å². The van der Waals surface area contributed by atoms with Gasteiger partial charge in [-0.15, -0.1) is 0 Å². The first-order valence-electron chi connectivity index (χ1n) is 7.36.